The minimum absolute atomic E-state index is 0.215. The highest BCUT2D eigenvalue weighted by atomic mass is 16.5. The fourth-order valence-corrected chi connectivity index (χ4v) is 3.21. The molecule has 2 fully saturated rings. The van der Waals surface area contributed by atoms with Gasteiger partial charge in [0.15, 0.2) is 0 Å². The van der Waals surface area contributed by atoms with Gasteiger partial charge in [0.25, 0.3) is 0 Å². The predicted molar refractivity (Wildman–Crippen MR) is 86.8 cm³/mol. The van der Waals surface area contributed by atoms with E-state index in [-0.39, 0.29) is 11.8 Å². The summed E-state index contributed by atoms with van der Waals surface area (Å²) in [5.41, 5.74) is 1.30. The van der Waals surface area contributed by atoms with Crippen molar-refractivity contribution in [3.8, 4) is 5.75 Å². The van der Waals surface area contributed by atoms with Crippen molar-refractivity contribution in [3.63, 3.8) is 0 Å². The summed E-state index contributed by atoms with van der Waals surface area (Å²) in [6, 6.07) is 8.72. The number of carbonyl (C=O) groups excluding carboxylic acids is 1. The van der Waals surface area contributed by atoms with Crippen LogP contribution in [0.25, 0.3) is 0 Å². The number of piperidine rings is 1. The fourth-order valence-electron chi connectivity index (χ4n) is 3.21. The molecule has 4 nitrogen and oxygen atoms in total. The molecule has 4 heteroatoms. The number of hydrogen-bond donors (Lipinski definition) is 1. The SMILES string of the molecule is COc1ccc(CN2CCC(C(=O)NC3CCC3)CC2)cc1. The van der Waals surface area contributed by atoms with Gasteiger partial charge in [-0.2, -0.15) is 0 Å². The van der Waals surface area contributed by atoms with Crippen LogP contribution < -0.4 is 10.1 Å². The van der Waals surface area contributed by atoms with E-state index in [1.165, 1.54) is 24.8 Å². The molecule has 2 aliphatic rings. The third-order valence-corrected chi connectivity index (χ3v) is 4.98. The maximum absolute atomic E-state index is 12.2. The minimum Gasteiger partial charge on any atom is -0.497 e. The van der Waals surface area contributed by atoms with Gasteiger partial charge in [0, 0.05) is 18.5 Å². The molecular weight excluding hydrogens is 276 g/mol. The van der Waals surface area contributed by atoms with E-state index >= 15 is 0 Å². The molecule has 0 atom stereocenters. The van der Waals surface area contributed by atoms with Crippen molar-refractivity contribution >= 4 is 5.91 Å². The molecule has 1 N–H and O–H groups in total. The van der Waals surface area contributed by atoms with Gasteiger partial charge in [0.2, 0.25) is 5.91 Å². The van der Waals surface area contributed by atoms with Crippen molar-refractivity contribution in [1.29, 1.82) is 0 Å². The zero-order chi connectivity index (χ0) is 15.4. The molecule has 0 unspecified atom stereocenters. The first-order chi connectivity index (χ1) is 10.7. The molecule has 1 aromatic carbocycles. The molecule has 120 valence electrons. The zero-order valence-electron chi connectivity index (χ0n) is 13.4. The molecule has 0 radical (unpaired) electrons. The molecule has 0 bridgehead atoms. The van der Waals surface area contributed by atoms with Gasteiger partial charge in [-0.15, -0.1) is 0 Å². The molecule has 0 aromatic heterocycles. The molecule has 1 aliphatic heterocycles. The summed E-state index contributed by atoms with van der Waals surface area (Å²) in [5.74, 6) is 1.40. The number of hydrogen-bond acceptors (Lipinski definition) is 3. The molecule has 1 saturated carbocycles. The Morgan fingerprint density at radius 2 is 1.86 bits per heavy atom. The molecule has 1 heterocycles. The van der Waals surface area contributed by atoms with Gasteiger partial charge in [-0.25, -0.2) is 0 Å². The first-order valence-corrected chi connectivity index (χ1v) is 8.40. The summed E-state index contributed by atoms with van der Waals surface area (Å²) < 4.78 is 5.19. The van der Waals surface area contributed by atoms with Gasteiger partial charge in [-0.3, -0.25) is 9.69 Å². The fraction of sp³-hybridized carbons (Fsp3) is 0.611. The summed E-state index contributed by atoms with van der Waals surface area (Å²) >= 11 is 0. The van der Waals surface area contributed by atoms with Crippen molar-refractivity contribution in [1.82, 2.24) is 10.2 Å². The van der Waals surface area contributed by atoms with Crippen LogP contribution in [0.3, 0.4) is 0 Å². The van der Waals surface area contributed by atoms with Gasteiger partial charge in [-0.05, 0) is 62.9 Å². The molecule has 0 spiro atoms. The first-order valence-electron chi connectivity index (χ1n) is 8.40. The van der Waals surface area contributed by atoms with Gasteiger partial charge < -0.3 is 10.1 Å². The van der Waals surface area contributed by atoms with Crippen LogP contribution in [0.1, 0.15) is 37.7 Å². The van der Waals surface area contributed by atoms with Crippen molar-refractivity contribution < 1.29 is 9.53 Å². The summed E-state index contributed by atoms with van der Waals surface area (Å²) in [6.07, 6.45) is 5.57. The van der Waals surface area contributed by atoms with E-state index in [0.717, 1.165) is 38.2 Å². The number of nitrogens with one attached hydrogen (secondary N) is 1. The van der Waals surface area contributed by atoms with Crippen molar-refractivity contribution in [2.45, 2.75) is 44.7 Å². The number of benzene rings is 1. The maximum Gasteiger partial charge on any atom is 0.223 e. The van der Waals surface area contributed by atoms with Crippen LogP contribution in [-0.2, 0) is 11.3 Å². The zero-order valence-corrected chi connectivity index (χ0v) is 13.4. The number of methoxy groups -OCH3 is 1. The lowest BCUT2D eigenvalue weighted by Crippen LogP contribution is -2.45. The predicted octanol–water partition coefficient (Wildman–Crippen LogP) is 2.58. The van der Waals surface area contributed by atoms with Crippen LogP contribution in [0.2, 0.25) is 0 Å². The van der Waals surface area contributed by atoms with E-state index in [9.17, 15) is 4.79 Å². The Bertz CT molecular complexity index is 488. The number of rotatable bonds is 5. The largest absolute Gasteiger partial charge is 0.497 e. The highest BCUT2D eigenvalue weighted by molar-refractivity contribution is 5.79. The minimum atomic E-state index is 0.215. The summed E-state index contributed by atoms with van der Waals surface area (Å²) in [5, 5.41) is 3.19. The highest BCUT2D eigenvalue weighted by Gasteiger charge is 2.28. The second kappa shape index (κ2) is 7.14. The third-order valence-electron chi connectivity index (χ3n) is 4.98. The summed E-state index contributed by atoms with van der Waals surface area (Å²) in [6.45, 7) is 2.98. The molecule has 1 aliphatic carbocycles. The monoisotopic (exact) mass is 302 g/mol. The van der Waals surface area contributed by atoms with Crippen LogP contribution in [-0.4, -0.2) is 37.0 Å². The molecule has 22 heavy (non-hydrogen) atoms. The average molecular weight is 302 g/mol. The molecule has 1 saturated heterocycles. The Morgan fingerprint density at radius 1 is 1.18 bits per heavy atom. The Labute approximate surface area is 132 Å². The molecule has 3 rings (SSSR count). The van der Waals surface area contributed by atoms with Crippen molar-refractivity contribution in [2.75, 3.05) is 20.2 Å². The van der Waals surface area contributed by atoms with E-state index in [4.69, 9.17) is 4.74 Å². The van der Waals surface area contributed by atoms with E-state index in [0.29, 0.717) is 6.04 Å². The average Bonchev–Trinajstić information content (AvgIpc) is 2.52. The van der Waals surface area contributed by atoms with Crippen LogP contribution in [0.4, 0.5) is 0 Å². The maximum atomic E-state index is 12.2. The normalized spacial score (nSPS) is 20.4. The lowest BCUT2D eigenvalue weighted by Gasteiger charge is -2.33. The van der Waals surface area contributed by atoms with Crippen molar-refractivity contribution in [2.24, 2.45) is 5.92 Å². The Hall–Kier alpha value is -1.55. The second-order valence-corrected chi connectivity index (χ2v) is 6.53. The van der Waals surface area contributed by atoms with Crippen molar-refractivity contribution in [3.05, 3.63) is 29.8 Å². The van der Waals surface area contributed by atoms with Gasteiger partial charge >= 0.3 is 0 Å². The number of amides is 1. The van der Waals surface area contributed by atoms with Crippen LogP contribution in [0.5, 0.6) is 5.75 Å². The van der Waals surface area contributed by atoms with Gasteiger partial charge in [0.05, 0.1) is 7.11 Å². The number of likely N-dealkylation sites (tertiary alicyclic amines) is 1. The third kappa shape index (κ3) is 3.80. The quantitative estimate of drug-likeness (QED) is 0.909. The van der Waals surface area contributed by atoms with Gasteiger partial charge in [-0.1, -0.05) is 12.1 Å². The lowest BCUT2D eigenvalue weighted by atomic mass is 9.90. The number of ether oxygens (including phenoxy) is 1. The summed E-state index contributed by atoms with van der Waals surface area (Å²) in [7, 11) is 1.69. The van der Waals surface area contributed by atoms with E-state index in [1.807, 2.05) is 12.1 Å². The summed E-state index contributed by atoms with van der Waals surface area (Å²) in [4.78, 5) is 14.6. The van der Waals surface area contributed by atoms with E-state index < -0.39 is 0 Å². The molecular formula is C18H26N2O2. The number of nitrogens with zero attached hydrogens (tertiary/aromatic N) is 1. The smallest absolute Gasteiger partial charge is 0.223 e. The van der Waals surface area contributed by atoms with Crippen LogP contribution in [0.15, 0.2) is 24.3 Å². The number of carbonyl (C=O) groups is 1. The Kier molecular flexibility index (Phi) is 4.98. The topological polar surface area (TPSA) is 41.6 Å². The first kappa shape index (κ1) is 15.3. The standard InChI is InChI=1S/C18H26N2O2/c1-22-17-7-5-14(6-8-17)13-20-11-9-15(10-12-20)18(21)19-16-3-2-4-16/h5-8,15-16H,2-4,9-13H2,1H3,(H,19,21). The highest BCUT2D eigenvalue weighted by Crippen LogP contribution is 2.23. The van der Waals surface area contributed by atoms with E-state index in [1.54, 1.807) is 7.11 Å². The molecule has 1 amide bonds. The molecule has 1 aromatic rings. The van der Waals surface area contributed by atoms with E-state index in [2.05, 4.69) is 22.3 Å². The van der Waals surface area contributed by atoms with Crippen LogP contribution in [0, 0.1) is 5.92 Å². The lowest BCUT2D eigenvalue weighted by molar-refractivity contribution is -0.127. The Morgan fingerprint density at radius 3 is 2.41 bits per heavy atom. The Balaban J connectivity index is 1.43. The van der Waals surface area contributed by atoms with Gasteiger partial charge in [0.1, 0.15) is 5.75 Å². The second-order valence-electron chi connectivity index (χ2n) is 6.53. The van der Waals surface area contributed by atoms with Crippen LogP contribution >= 0.6 is 0 Å².